The minimum absolute atomic E-state index is 0.101. The largest absolute Gasteiger partial charge is 0.486 e. The number of carbonyl (C=O) groups excluding carboxylic acids is 1. The summed E-state index contributed by atoms with van der Waals surface area (Å²) in [5.41, 5.74) is 0.812. The zero-order valence-electron chi connectivity index (χ0n) is 18.8. The average Bonchev–Trinajstić information content (AvgIpc) is 3.16. The summed E-state index contributed by atoms with van der Waals surface area (Å²) in [6, 6.07) is 6.19. The SMILES string of the molecule is CCCCCCCC(=O)C[C@H](CN1CCCC1C)[C@@H](O)c1ccc2c(c1)OCCO2. The van der Waals surface area contributed by atoms with Crippen molar-refractivity contribution in [1.82, 2.24) is 4.90 Å². The number of hydrogen-bond donors (Lipinski definition) is 1. The fourth-order valence-corrected chi connectivity index (χ4v) is 4.68. The first kappa shape index (κ1) is 23.1. The standard InChI is InChI=1S/C25H39NO4/c1-3-4-5-6-7-10-22(27)16-21(18-26-13-8-9-19(26)2)25(28)20-11-12-23-24(17-20)30-15-14-29-23/h11-12,17,19,21,25,28H,3-10,13-16,18H2,1-2H3/t19?,21-,25+/m1/s1. The molecule has 0 saturated carbocycles. The van der Waals surface area contributed by atoms with E-state index in [0.717, 1.165) is 37.2 Å². The topological polar surface area (TPSA) is 59.0 Å². The number of hydrogen-bond acceptors (Lipinski definition) is 5. The molecule has 1 aromatic rings. The minimum Gasteiger partial charge on any atom is -0.486 e. The molecule has 30 heavy (non-hydrogen) atoms. The van der Waals surface area contributed by atoms with E-state index in [2.05, 4.69) is 18.7 Å². The maximum atomic E-state index is 12.7. The van der Waals surface area contributed by atoms with Gasteiger partial charge >= 0.3 is 0 Å². The summed E-state index contributed by atoms with van der Waals surface area (Å²) in [7, 11) is 0. The third-order valence-corrected chi connectivity index (χ3v) is 6.56. The Bertz CT molecular complexity index is 677. The third-order valence-electron chi connectivity index (χ3n) is 6.56. The van der Waals surface area contributed by atoms with E-state index >= 15 is 0 Å². The lowest BCUT2D eigenvalue weighted by atomic mass is 9.89. The monoisotopic (exact) mass is 417 g/mol. The number of ether oxygens (including phenoxy) is 2. The summed E-state index contributed by atoms with van der Waals surface area (Å²) < 4.78 is 11.3. The molecule has 2 aliphatic rings. The number of unbranched alkanes of at least 4 members (excludes halogenated alkanes) is 4. The molecule has 0 amide bonds. The predicted octanol–water partition coefficient (Wildman–Crippen LogP) is 4.91. The Hall–Kier alpha value is -1.59. The number of benzene rings is 1. The van der Waals surface area contributed by atoms with E-state index in [1.165, 1.54) is 32.1 Å². The van der Waals surface area contributed by atoms with Crippen LogP contribution in [0.15, 0.2) is 18.2 Å². The van der Waals surface area contributed by atoms with Gasteiger partial charge in [-0.25, -0.2) is 0 Å². The molecule has 1 unspecified atom stereocenters. The molecule has 5 heteroatoms. The maximum absolute atomic E-state index is 12.7. The smallest absolute Gasteiger partial charge is 0.161 e. The van der Waals surface area contributed by atoms with Crippen molar-refractivity contribution in [1.29, 1.82) is 0 Å². The number of Topliss-reactive ketones (excluding diaryl/α,β-unsaturated/α-hetero) is 1. The van der Waals surface area contributed by atoms with E-state index in [4.69, 9.17) is 9.47 Å². The van der Waals surface area contributed by atoms with Crippen molar-refractivity contribution in [2.24, 2.45) is 5.92 Å². The van der Waals surface area contributed by atoms with E-state index in [1.54, 1.807) is 0 Å². The van der Waals surface area contributed by atoms with Crippen LogP contribution in [0.25, 0.3) is 0 Å². The Balaban J connectivity index is 1.64. The molecule has 1 N–H and O–H groups in total. The second-order valence-electron chi connectivity index (χ2n) is 9.00. The number of ketones is 1. The van der Waals surface area contributed by atoms with Crippen LogP contribution >= 0.6 is 0 Å². The zero-order valence-corrected chi connectivity index (χ0v) is 18.8. The van der Waals surface area contributed by atoms with Crippen LogP contribution in [0.4, 0.5) is 0 Å². The second-order valence-corrected chi connectivity index (χ2v) is 9.00. The van der Waals surface area contributed by atoms with Crippen LogP contribution in [0.3, 0.4) is 0 Å². The highest BCUT2D eigenvalue weighted by Crippen LogP contribution is 2.36. The molecule has 5 nitrogen and oxygen atoms in total. The lowest BCUT2D eigenvalue weighted by molar-refractivity contribution is -0.121. The molecule has 0 aromatic heterocycles. The molecule has 1 saturated heterocycles. The molecular formula is C25H39NO4. The number of carbonyl (C=O) groups is 1. The minimum atomic E-state index is -0.683. The van der Waals surface area contributed by atoms with Gasteiger partial charge in [0.05, 0.1) is 6.10 Å². The third kappa shape index (κ3) is 6.45. The first-order valence-electron chi connectivity index (χ1n) is 11.9. The highest BCUT2D eigenvalue weighted by Gasteiger charge is 2.30. The van der Waals surface area contributed by atoms with Gasteiger partial charge in [-0.3, -0.25) is 4.79 Å². The van der Waals surface area contributed by atoms with Gasteiger partial charge in [-0.2, -0.15) is 0 Å². The Morgan fingerprint density at radius 1 is 1.17 bits per heavy atom. The van der Waals surface area contributed by atoms with Gasteiger partial charge < -0.3 is 19.5 Å². The van der Waals surface area contributed by atoms with Crippen molar-refractivity contribution in [3.8, 4) is 11.5 Å². The van der Waals surface area contributed by atoms with Crippen LogP contribution in [0.5, 0.6) is 11.5 Å². The number of aliphatic hydroxyl groups is 1. The second kappa shape index (κ2) is 11.7. The molecule has 3 atom stereocenters. The fourth-order valence-electron chi connectivity index (χ4n) is 4.68. The number of fused-ring (bicyclic) bond motifs is 1. The molecule has 1 fully saturated rings. The van der Waals surface area contributed by atoms with Gasteiger partial charge in [-0.1, -0.05) is 38.7 Å². The highest BCUT2D eigenvalue weighted by atomic mass is 16.6. The van der Waals surface area contributed by atoms with Gasteiger partial charge in [0.2, 0.25) is 0 Å². The summed E-state index contributed by atoms with van der Waals surface area (Å²) in [6.07, 6.45) is 8.52. The van der Waals surface area contributed by atoms with Crippen LogP contribution in [0.2, 0.25) is 0 Å². The van der Waals surface area contributed by atoms with E-state index in [1.807, 2.05) is 18.2 Å². The van der Waals surface area contributed by atoms with Gasteiger partial charge in [0.25, 0.3) is 0 Å². The maximum Gasteiger partial charge on any atom is 0.161 e. The predicted molar refractivity (Wildman–Crippen MR) is 119 cm³/mol. The lowest BCUT2D eigenvalue weighted by Gasteiger charge is -2.30. The summed E-state index contributed by atoms with van der Waals surface area (Å²) in [5, 5.41) is 11.2. The molecule has 0 radical (unpaired) electrons. The van der Waals surface area contributed by atoms with Crippen molar-refractivity contribution >= 4 is 5.78 Å². The average molecular weight is 418 g/mol. The van der Waals surface area contributed by atoms with Gasteiger partial charge in [0.1, 0.15) is 19.0 Å². The lowest BCUT2D eigenvalue weighted by Crippen LogP contribution is -2.35. The van der Waals surface area contributed by atoms with Crippen LogP contribution in [0.1, 0.15) is 83.3 Å². The molecule has 3 rings (SSSR count). The Labute approximate surface area is 181 Å². The Morgan fingerprint density at radius 3 is 2.67 bits per heavy atom. The van der Waals surface area contributed by atoms with Gasteiger partial charge in [-0.15, -0.1) is 0 Å². The molecule has 168 valence electrons. The summed E-state index contributed by atoms with van der Waals surface area (Å²) >= 11 is 0. The quantitative estimate of drug-likeness (QED) is 0.490. The number of likely N-dealkylation sites (tertiary alicyclic amines) is 1. The van der Waals surface area contributed by atoms with Crippen molar-refractivity contribution < 1.29 is 19.4 Å². The molecule has 2 aliphatic heterocycles. The zero-order chi connectivity index (χ0) is 21.3. The molecule has 0 spiro atoms. The summed E-state index contributed by atoms with van der Waals surface area (Å²) in [5.74, 6) is 1.59. The van der Waals surface area contributed by atoms with Crippen LogP contribution in [0, 0.1) is 5.92 Å². The van der Waals surface area contributed by atoms with Gasteiger partial charge in [-0.05, 0) is 50.4 Å². The van der Waals surface area contributed by atoms with Gasteiger partial charge in [0, 0.05) is 31.3 Å². The van der Waals surface area contributed by atoms with Crippen LogP contribution < -0.4 is 9.47 Å². The Morgan fingerprint density at radius 2 is 1.93 bits per heavy atom. The van der Waals surface area contributed by atoms with E-state index < -0.39 is 6.10 Å². The molecule has 0 aliphatic carbocycles. The summed E-state index contributed by atoms with van der Waals surface area (Å²) in [6.45, 7) is 7.34. The van der Waals surface area contributed by atoms with E-state index in [0.29, 0.717) is 37.8 Å². The van der Waals surface area contributed by atoms with Crippen LogP contribution in [-0.2, 0) is 4.79 Å². The normalized spacial score (nSPS) is 20.8. The summed E-state index contributed by atoms with van der Waals surface area (Å²) in [4.78, 5) is 15.2. The highest BCUT2D eigenvalue weighted by molar-refractivity contribution is 5.78. The van der Waals surface area contributed by atoms with Crippen molar-refractivity contribution in [3.63, 3.8) is 0 Å². The van der Waals surface area contributed by atoms with E-state index in [9.17, 15) is 9.90 Å². The fraction of sp³-hybridized carbons (Fsp3) is 0.720. The van der Waals surface area contributed by atoms with E-state index in [-0.39, 0.29) is 11.7 Å². The number of rotatable bonds is 12. The molecule has 1 aromatic carbocycles. The molecular weight excluding hydrogens is 378 g/mol. The Kier molecular flexibility index (Phi) is 9.01. The van der Waals surface area contributed by atoms with Crippen molar-refractivity contribution in [3.05, 3.63) is 23.8 Å². The molecule has 2 heterocycles. The first-order valence-corrected chi connectivity index (χ1v) is 11.9. The van der Waals surface area contributed by atoms with Crippen molar-refractivity contribution in [2.45, 2.75) is 83.8 Å². The number of aliphatic hydroxyl groups excluding tert-OH is 1. The number of nitrogens with zero attached hydrogens (tertiary/aromatic N) is 1. The first-order chi connectivity index (χ1) is 14.6. The van der Waals surface area contributed by atoms with Crippen molar-refractivity contribution in [2.75, 3.05) is 26.3 Å². The molecule has 0 bridgehead atoms. The van der Waals surface area contributed by atoms with Gasteiger partial charge in [0.15, 0.2) is 11.5 Å². The van der Waals surface area contributed by atoms with Crippen LogP contribution in [-0.4, -0.2) is 48.1 Å².